The van der Waals surface area contributed by atoms with Crippen LogP contribution in [-0.2, 0) is 14.6 Å². The Morgan fingerprint density at radius 3 is 2.25 bits per heavy atom. The summed E-state index contributed by atoms with van der Waals surface area (Å²) < 4.78 is 32.5. The molecule has 0 saturated heterocycles. The van der Waals surface area contributed by atoms with Gasteiger partial charge in [-0.3, -0.25) is 4.79 Å². The maximum atomic E-state index is 13.6. The molecule has 1 aliphatic rings. The fourth-order valence-corrected chi connectivity index (χ4v) is 5.79. The van der Waals surface area contributed by atoms with E-state index in [4.69, 9.17) is 16.3 Å². The molecule has 2 atom stereocenters. The predicted molar refractivity (Wildman–Crippen MR) is 108 cm³/mol. The summed E-state index contributed by atoms with van der Waals surface area (Å²) in [5.74, 6) is -1.09. The number of carbonyl (C=O) groups excluding carboxylic acids is 1. The van der Waals surface area contributed by atoms with E-state index in [1.165, 1.54) is 6.07 Å². The van der Waals surface area contributed by atoms with Crippen molar-refractivity contribution in [2.24, 2.45) is 0 Å². The van der Waals surface area contributed by atoms with Gasteiger partial charge >= 0.3 is 5.97 Å². The normalized spacial score (nSPS) is 19.0. The average molecular weight is 413 g/mol. The zero-order chi connectivity index (χ0) is 19.9. The van der Waals surface area contributed by atoms with Gasteiger partial charge in [0.1, 0.15) is 5.75 Å². The minimum Gasteiger partial charge on any atom is -0.425 e. The van der Waals surface area contributed by atoms with Crippen LogP contribution in [0, 0.1) is 6.92 Å². The Morgan fingerprint density at radius 2 is 1.54 bits per heavy atom. The molecule has 0 amide bonds. The van der Waals surface area contributed by atoms with Gasteiger partial charge in [0, 0.05) is 16.5 Å². The van der Waals surface area contributed by atoms with Gasteiger partial charge in [0.15, 0.2) is 15.1 Å². The first-order valence-corrected chi connectivity index (χ1v) is 10.7. The van der Waals surface area contributed by atoms with Crippen LogP contribution in [0.25, 0.3) is 0 Å². The molecule has 28 heavy (non-hydrogen) atoms. The van der Waals surface area contributed by atoms with E-state index < -0.39 is 27.0 Å². The molecule has 4 rings (SSSR count). The summed E-state index contributed by atoms with van der Waals surface area (Å²) in [6, 6.07) is 20.6. The van der Waals surface area contributed by atoms with Crippen molar-refractivity contribution in [1.29, 1.82) is 0 Å². The number of esters is 1. The van der Waals surface area contributed by atoms with Crippen LogP contribution in [0.4, 0.5) is 0 Å². The smallest absolute Gasteiger partial charge is 0.331 e. The number of fused-ring (bicyclic) bond motifs is 1. The number of ether oxygens (including phenoxy) is 1. The molecule has 4 nitrogen and oxygen atoms in total. The largest absolute Gasteiger partial charge is 0.425 e. The van der Waals surface area contributed by atoms with Gasteiger partial charge in [-0.05, 0) is 42.3 Å². The number of sulfone groups is 1. The molecule has 6 heteroatoms. The van der Waals surface area contributed by atoms with Crippen molar-refractivity contribution >= 4 is 27.4 Å². The first kappa shape index (κ1) is 18.7. The number of rotatable bonds is 3. The molecule has 1 heterocycles. The lowest BCUT2D eigenvalue weighted by Crippen LogP contribution is -2.43. The molecule has 0 N–H and O–H groups in total. The van der Waals surface area contributed by atoms with Crippen LogP contribution in [0.2, 0.25) is 5.02 Å². The Hall–Kier alpha value is -2.63. The Kier molecular flexibility index (Phi) is 4.73. The number of benzene rings is 3. The van der Waals surface area contributed by atoms with E-state index in [0.29, 0.717) is 27.5 Å². The van der Waals surface area contributed by atoms with Crippen molar-refractivity contribution in [3.63, 3.8) is 0 Å². The first-order valence-electron chi connectivity index (χ1n) is 8.75. The summed E-state index contributed by atoms with van der Waals surface area (Å²) in [6.07, 6.45) is 0. The maximum absolute atomic E-state index is 13.6. The van der Waals surface area contributed by atoms with Crippen molar-refractivity contribution in [1.82, 2.24) is 0 Å². The van der Waals surface area contributed by atoms with Crippen LogP contribution in [0.5, 0.6) is 5.75 Å². The minimum absolute atomic E-state index is 0.135. The molecule has 0 radical (unpaired) electrons. The fraction of sp³-hybridized carbons (Fsp3) is 0.136. The first-order chi connectivity index (χ1) is 13.4. The van der Waals surface area contributed by atoms with Crippen LogP contribution < -0.4 is 4.74 Å². The fourth-order valence-electron chi connectivity index (χ4n) is 3.64. The molecule has 3 aromatic rings. The second-order valence-corrected chi connectivity index (χ2v) is 9.19. The maximum Gasteiger partial charge on any atom is 0.331 e. The summed E-state index contributed by atoms with van der Waals surface area (Å²) in [4.78, 5) is 13.0. The van der Waals surface area contributed by atoms with Gasteiger partial charge in [-0.2, -0.15) is 0 Å². The SMILES string of the molecule is Cc1ccccc1S(=O)(=O)C1C(=O)Oc2ccccc2C1c1ccc(Cl)cc1. The monoisotopic (exact) mass is 412 g/mol. The third kappa shape index (κ3) is 3.11. The highest BCUT2D eigenvalue weighted by molar-refractivity contribution is 7.93. The molecule has 0 aromatic heterocycles. The number of hydrogen-bond acceptors (Lipinski definition) is 4. The summed E-state index contributed by atoms with van der Waals surface area (Å²) in [5, 5.41) is -0.849. The highest BCUT2D eigenvalue weighted by Gasteiger charge is 2.47. The lowest BCUT2D eigenvalue weighted by atomic mass is 9.86. The van der Waals surface area contributed by atoms with Gasteiger partial charge in [0.2, 0.25) is 0 Å². The lowest BCUT2D eigenvalue weighted by Gasteiger charge is -2.32. The van der Waals surface area contributed by atoms with Gasteiger partial charge in [-0.25, -0.2) is 8.42 Å². The number of hydrogen-bond donors (Lipinski definition) is 0. The highest BCUT2D eigenvalue weighted by atomic mass is 35.5. The van der Waals surface area contributed by atoms with Gasteiger partial charge in [0.05, 0.1) is 4.90 Å². The third-order valence-electron chi connectivity index (χ3n) is 4.96. The van der Waals surface area contributed by atoms with E-state index in [2.05, 4.69) is 0 Å². The summed E-state index contributed by atoms with van der Waals surface area (Å²) >= 11 is 6.01. The zero-order valence-electron chi connectivity index (χ0n) is 15.0. The Morgan fingerprint density at radius 1 is 0.893 bits per heavy atom. The molecule has 142 valence electrons. The topological polar surface area (TPSA) is 60.4 Å². The second-order valence-electron chi connectivity index (χ2n) is 6.72. The molecule has 0 saturated carbocycles. The Balaban J connectivity index is 1.95. The van der Waals surface area contributed by atoms with Crippen LogP contribution in [0.15, 0.2) is 77.7 Å². The van der Waals surface area contributed by atoms with Crippen LogP contribution >= 0.6 is 11.6 Å². The summed E-state index contributed by atoms with van der Waals surface area (Å²) in [7, 11) is -4.00. The van der Waals surface area contributed by atoms with Crippen LogP contribution in [0.3, 0.4) is 0 Å². The molecule has 3 aromatic carbocycles. The molecule has 0 aliphatic carbocycles. The Bertz CT molecular complexity index is 1150. The van der Waals surface area contributed by atoms with Crippen molar-refractivity contribution in [2.45, 2.75) is 23.0 Å². The lowest BCUT2D eigenvalue weighted by molar-refractivity contribution is -0.135. The van der Waals surface area contributed by atoms with Crippen molar-refractivity contribution < 1.29 is 17.9 Å². The van der Waals surface area contributed by atoms with Gasteiger partial charge in [0.25, 0.3) is 0 Å². The average Bonchev–Trinajstić information content (AvgIpc) is 2.67. The summed E-state index contributed by atoms with van der Waals surface area (Å²) in [5.41, 5.74) is 1.94. The van der Waals surface area contributed by atoms with Gasteiger partial charge < -0.3 is 4.74 Å². The standard InChI is InChI=1S/C22H17ClO4S/c1-14-6-2-5-9-19(14)28(25,26)21-20(15-10-12-16(23)13-11-15)17-7-3-4-8-18(17)27-22(21)24/h2-13,20-21H,1H3. The van der Waals surface area contributed by atoms with E-state index in [9.17, 15) is 13.2 Å². The molecular formula is C22H17ClO4S. The van der Waals surface area contributed by atoms with Crippen molar-refractivity contribution in [3.8, 4) is 5.75 Å². The predicted octanol–water partition coefficient (Wildman–Crippen LogP) is 4.54. The number of carbonyl (C=O) groups is 1. The van der Waals surface area contributed by atoms with Crippen molar-refractivity contribution in [3.05, 3.63) is 94.5 Å². The molecule has 0 fully saturated rings. The van der Waals surface area contributed by atoms with Gasteiger partial charge in [-0.1, -0.05) is 60.1 Å². The molecule has 1 aliphatic heterocycles. The van der Waals surface area contributed by atoms with Crippen LogP contribution in [-0.4, -0.2) is 19.6 Å². The minimum atomic E-state index is -4.00. The van der Waals surface area contributed by atoms with E-state index in [1.54, 1.807) is 73.7 Å². The number of halogens is 1. The van der Waals surface area contributed by atoms with Crippen LogP contribution in [0.1, 0.15) is 22.6 Å². The number of para-hydroxylation sites is 1. The van der Waals surface area contributed by atoms with E-state index in [0.717, 1.165) is 0 Å². The van der Waals surface area contributed by atoms with E-state index in [1.807, 2.05) is 0 Å². The van der Waals surface area contributed by atoms with Crippen molar-refractivity contribution in [2.75, 3.05) is 0 Å². The van der Waals surface area contributed by atoms with Gasteiger partial charge in [-0.15, -0.1) is 0 Å². The molecule has 0 bridgehead atoms. The molecule has 0 spiro atoms. The summed E-state index contributed by atoms with van der Waals surface area (Å²) in [6.45, 7) is 1.71. The number of aryl methyl sites for hydroxylation is 1. The quantitative estimate of drug-likeness (QED) is 0.468. The molecular weight excluding hydrogens is 396 g/mol. The van der Waals surface area contributed by atoms with E-state index in [-0.39, 0.29) is 4.90 Å². The second kappa shape index (κ2) is 7.08. The zero-order valence-corrected chi connectivity index (χ0v) is 16.6. The highest BCUT2D eigenvalue weighted by Crippen LogP contribution is 2.43. The third-order valence-corrected chi connectivity index (χ3v) is 7.42. The molecule has 2 unspecified atom stereocenters. The Labute approximate surface area is 168 Å². The van der Waals surface area contributed by atoms with E-state index >= 15 is 0 Å².